The van der Waals surface area contributed by atoms with Gasteiger partial charge in [0.2, 0.25) is 0 Å². The van der Waals surface area contributed by atoms with E-state index in [1.165, 1.54) is 23.9 Å². The third-order valence-corrected chi connectivity index (χ3v) is 4.03. The molecule has 16 heavy (non-hydrogen) atoms. The first-order chi connectivity index (χ1) is 7.64. The van der Waals surface area contributed by atoms with Crippen LogP contribution in [-0.4, -0.2) is 11.3 Å². The van der Waals surface area contributed by atoms with Crippen molar-refractivity contribution in [1.29, 1.82) is 5.26 Å². The first-order valence-corrected chi connectivity index (χ1v) is 6.21. The minimum Gasteiger partial charge on any atom is -0.312 e. The number of thioether (sulfide) groups is 1. The molecule has 1 fully saturated rings. The maximum atomic E-state index is 12.7. The zero-order valence-corrected chi connectivity index (χ0v) is 9.64. The third-order valence-electron chi connectivity index (χ3n) is 2.81. The Bertz CT molecular complexity index is 408. The minimum absolute atomic E-state index is 0.245. The molecule has 0 spiro atoms. The van der Waals surface area contributed by atoms with Gasteiger partial charge < -0.3 is 5.73 Å². The van der Waals surface area contributed by atoms with E-state index in [0.29, 0.717) is 11.7 Å². The van der Waals surface area contributed by atoms with Crippen molar-refractivity contribution in [1.82, 2.24) is 0 Å². The van der Waals surface area contributed by atoms with Crippen LogP contribution in [0.3, 0.4) is 0 Å². The van der Waals surface area contributed by atoms with E-state index in [0.717, 1.165) is 17.7 Å². The van der Waals surface area contributed by atoms with E-state index in [9.17, 15) is 4.39 Å². The molecule has 0 aromatic heterocycles. The van der Waals surface area contributed by atoms with Crippen LogP contribution >= 0.6 is 11.8 Å². The fourth-order valence-corrected chi connectivity index (χ4v) is 2.61. The van der Waals surface area contributed by atoms with E-state index in [4.69, 9.17) is 11.0 Å². The van der Waals surface area contributed by atoms with Gasteiger partial charge in [0.15, 0.2) is 0 Å². The van der Waals surface area contributed by atoms with Crippen molar-refractivity contribution in [2.75, 3.05) is 5.75 Å². The summed E-state index contributed by atoms with van der Waals surface area (Å²) in [5.41, 5.74) is 5.30. The lowest BCUT2D eigenvalue weighted by atomic mass is 10.00. The highest BCUT2D eigenvalue weighted by atomic mass is 32.2. The largest absolute Gasteiger partial charge is 0.312 e. The molecule has 84 valence electrons. The molecule has 2 N–H and O–H groups in total. The molecule has 1 aliphatic carbocycles. The first-order valence-electron chi connectivity index (χ1n) is 5.22. The van der Waals surface area contributed by atoms with Gasteiger partial charge in [0.05, 0.1) is 6.07 Å². The predicted molar refractivity (Wildman–Crippen MR) is 62.4 cm³/mol. The van der Waals surface area contributed by atoms with Gasteiger partial charge in [-0.3, -0.25) is 0 Å². The maximum Gasteiger partial charge on any atom is 0.123 e. The van der Waals surface area contributed by atoms with E-state index in [-0.39, 0.29) is 5.82 Å². The van der Waals surface area contributed by atoms with E-state index < -0.39 is 5.54 Å². The summed E-state index contributed by atoms with van der Waals surface area (Å²) < 4.78 is 12.7. The van der Waals surface area contributed by atoms with E-state index >= 15 is 0 Å². The number of rotatable bonds is 4. The molecule has 4 heteroatoms. The minimum atomic E-state index is -0.723. The average molecular weight is 236 g/mol. The number of hydrogen-bond donors (Lipinski definition) is 1. The van der Waals surface area contributed by atoms with Gasteiger partial charge in [-0.05, 0) is 43.0 Å². The molecular weight excluding hydrogens is 223 g/mol. The number of nitrogens with two attached hydrogens (primary N) is 1. The lowest BCUT2D eigenvalue weighted by Crippen LogP contribution is -2.43. The number of nitriles is 1. The number of nitrogens with zero attached hydrogens (tertiary/aromatic N) is 1. The lowest BCUT2D eigenvalue weighted by Gasteiger charge is -2.20. The Kier molecular flexibility index (Phi) is 3.17. The van der Waals surface area contributed by atoms with E-state index in [1.807, 2.05) is 0 Å². The summed E-state index contributed by atoms with van der Waals surface area (Å²) in [5.74, 6) is 0.663. The Hall–Kier alpha value is -1.05. The molecule has 1 saturated carbocycles. The summed E-state index contributed by atoms with van der Waals surface area (Å²) in [7, 11) is 0. The zero-order chi connectivity index (χ0) is 11.6. The second kappa shape index (κ2) is 4.44. The summed E-state index contributed by atoms with van der Waals surface area (Å²) in [6.07, 6.45) is 2.10. The molecule has 1 aliphatic rings. The van der Waals surface area contributed by atoms with Crippen LogP contribution in [0.1, 0.15) is 12.8 Å². The van der Waals surface area contributed by atoms with Crippen LogP contribution in [0.2, 0.25) is 0 Å². The van der Waals surface area contributed by atoms with Crippen molar-refractivity contribution < 1.29 is 4.39 Å². The average Bonchev–Trinajstić information content (AvgIpc) is 3.12. The molecule has 1 unspecified atom stereocenters. The Labute approximate surface area is 98.6 Å². The van der Waals surface area contributed by atoms with Gasteiger partial charge >= 0.3 is 0 Å². The Morgan fingerprint density at radius 1 is 1.44 bits per heavy atom. The van der Waals surface area contributed by atoms with Gasteiger partial charge in [-0.2, -0.15) is 5.26 Å². The van der Waals surface area contributed by atoms with Gasteiger partial charge in [0.25, 0.3) is 0 Å². The van der Waals surface area contributed by atoms with Crippen LogP contribution in [0.4, 0.5) is 4.39 Å². The standard InChI is InChI=1S/C12H13FN2S/c13-10-3-5-11(6-4-10)16-8-12(15,7-14)9-1-2-9/h3-6,9H,1-2,8,15H2. The van der Waals surface area contributed by atoms with E-state index in [2.05, 4.69) is 6.07 Å². The highest BCUT2D eigenvalue weighted by Gasteiger charge is 2.42. The van der Waals surface area contributed by atoms with Crippen LogP contribution in [0.15, 0.2) is 29.2 Å². The molecule has 0 radical (unpaired) electrons. The molecule has 0 saturated heterocycles. The topological polar surface area (TPSA) is 49.8 Å². The van der Waals surface area contributed by atoms with Crippen LogP contribution in [0.5, 0.6) is 0 Å². The fourth-order valence-electron chi connectivity index (χ4n) is 1.57. The summed E-state index contributed by atoms with van der Waals surface area (Å²) >= 11 is 1.51. The fraction of sp³-hybridized carbons (Fsp3) is 0.417. The molecule has 0 heterocycles. The number of benzene rings is 1. The van der Waals surface area contributed by atoms with Crippen molar-refractivity contribution in [3.63, 3.8) is 0 Å². The van der Waals surface area contributed by atoms with Gasteiger partial charge in [0.1, 0.15) is 11.4 Å². The first kappa shape index (κ1) is 11.4. The van der Waals surface area contributed by atoms with Crippen molar-refractivity contribution in [3.8, 4) is 6.07 Å². The monoisotopic (exact) mass is 236 g/mol. The highest BCUT2D eigenvalue weighted by molar-refractivity contribution is 7.99. The van der Waals surface area contributed by atoms with Crippen molar-refractivity contribution in [2.45, 2.75) is 23.3 Å². The van der Waals surface area contributed by atoms with Crippen LogP contribution in [-0.2, 0) is 0 Å². The van der Waals surface area contributed by atoms with Gasteiger partial charge in [-0.1, -0.05) is 0 Å². The molecule has 1 aromatic carbocycles. The van der Waals surface area contributed by atoms with Crippen molar-refractivity contribution in [3.05, 3.63) is 30.1 Å². The molecule has 1 atom stereocenters. The molecule has 0 aliphatic heterocycles. The van der Waals surface area contributed by atoms with Crippen molar-refractivity contribution in [2.24, 2.45) is 11.7 Å². The third kappa shape index (κ3) is 2.55. The van der Waals surface area contributed by atoms with Gasteiger partial charge in [-0.25, -0.2) is 4.39 Å². The van der Waals surface area contributed by atoms with Crippen molar-refractivity contribution >= 4 is 11.8 Å². The predicted octanol–water partition coefficient (Wildman–Crippen LogP) is 2.55. The maximum absolute atomic E-state index is 12.7. The molecular formula is C12H13FN2S. The quantitative estimate of drug-likeness (QED) is 0.817. The highest BCUT2D eigenvalue weighted by Crippen LogP contribution is 2.40. The summed E-state index contributed by atoms with van der Waals surface area (Å²) in [4.78, 5) is 0.951. The van der Waals surface area contributed by atoms with Crippen LogP contribution < -0.4 is 5.73 Å². The lowest BCUT2D eigenvalue weighted by molar-refractivity contribution is 0.532. The Morgan fingerprint density at radius 3 is 2.56 bits per heavy atom. The van der Waals surface area contributed by atoms with E-state index in [1.54, 1.807) is 12.1 Å². The summed E-state index contributed by atoms with van der Waals surface area (Å²) in [5, 5.41) is 9.07. The summed E-state index contributed by atoms with van der Waals surface area (Å²) in [6, 6.07) is 8.47. The van der Waals surface area contributed by atoms with Gasteiger partial charge in [0, 0.05) is 10.6 Å². The second-order valence-electron chi connectivity index (χ2n) is 4.17. The Morgan fingerprint density at radius 2 is 2.06 bits per heavy atom. The van der Waals surface area contributed by atoms with Crippen LogP contribution in [0, 0.1) is 23.1 Å². The molecule has 0 amide bonds. The number of halogens is 1. The molecule has 1 aromatic rings. The second-order valence-corrected chi connectivity index (χ2v) is 5.22. The smallest absolute Gasteiger partial charge is 0.123 e. The van der Waals surface area contributed by atoms with Crippen LogP contribution in [0.25, 0.3) is 0 Å². The summed E-state index contributed by atoms with van der Waals surface area (Å²) in [6.45, 7) is 0. The molecule has 0 bridgehead atoms. The number of hydrogen-bond acceptors (Lipinski definition) is 3. The molecule has 2 rings (SSSR count). The SMILES string of the molecule is N#CC(N)(CSc1ccc(F)cc1)C1CC1. The molecule has 2 nitrogen and oxygen atoms in total. The zero-order valence-electron chi connectivity index (χ0n) is 8.82. The normalized spacial score (nSPS) is 18.8. The Balaban J connectivity index is 1.96. The van der Waals surface area contributed by atoms with Gasteiger partial charge in [-0.15, -0.1) is 11.8 Å².